The fraction of sp³-hybridized carbons (Fsp3) is 0. The molecule has 0 aromatic heterocycles. The molecule has 2 nitrogen and oxygen atoms in total. The summed E-state index contributed by atoms with van der Waals surface area (Å²) in [5.74, 6) is 4.63. The fourth-order valence-corrected chi connectivity index (χ4v) is 9.20. The number of hydrogen-bond donors (Lipinski definition) is 2. The molecule has 0 saturated heterocycles. The molecule has 0 amide bonds. The summed E-state index contributed by atoms with van der Waals surface area (Å²) >= 11 is 0. The first-order valence-electron chi connectivity index (χ1n) is 18.2. The van der Waals surface area contributed by atoms with E-state index in [1.165, 1.54) is 21.2 Å². The van der Waals surface area contributed by atoms with Crippen LogP contribution in [0.3, 0.4) is 0 Å². The van der Waals surface area contributed by atoms with Crippen molar-refractivity contribution >= 4 is 48.6 Å². The molecule has 296 valence electrons. The van der Waals surface area contributed by atoms with Gasteiger partial charge in [-0.1, -0.05) is 182 Å². The van der Waals surface area contributed by atoms with Crippen LogP contribution in [-0.2, 0) is 33.0 Å². The molecule has 0 bridgehead atoms. The molecule has 0 aliphatic rings. The summed E-state index contributed by atoms with van der Waals surface area (Å²) < 4.78 is 0. The van der Waals surface area contributed by atoms with Crippen LogP contribution in [-0.4, -0.2) is 10.2 Å². The number of hydrogen-bond acceptors (Lipinski definition) is 2. The topological polar surface area (TPSA) is 40.5 Å². The zero-order valence-corrected chi connectivity index (χ0v) is 35.4. The van der Waals surface area contributed by atoms with E-state index in [2.05, 4.69) is 60.7 Å². The Balaban J connectivity index is 0.000000235. The van der Waals surface area contributed by atoms with Crippen molar-refractivity contribution in [2.75, 3.05) is 0 Å². The number of benzene rings is 8. The van der Waals surface area contributed by atoms with Gasteiger partial charge in [-0.3, -0.25) is 0 Å². The molecule has 0 radical (unpaired) electrons. The second-order valence-corrected chi connectivity index (χ2v) is 16.1. The smallest absolute Gasteiger partial charge is 0.123 e. The van der Waals surface area contributed by atoms with Crippen LogP contribution in [0.25, 0.3) is 11.5 Å². The average Bonchev–Trinajstić information content (AvgIpc) is 3.31. The van der Waals surface area contributed by atoms with Gasteiger partial charge in [-0.2, -0.15) is 72.8 Å². The van der Waals surface area contributed by atoms with Crippen LogP contribution >= 0.6 is 15.8 Å². The SMILES string of the molecule is O/C(=C\P(c1ccccc1)c1ccccc1)c1ccccc1.O/C(=C\P(c1ccccc1)c1ccccc1)c1ccccc1.[Ni].[Ni].[c-]1ccccc1.[c-]1ccccc1. The first-order chi connectivity index (χ1) is 27.7. The monoisotopic (exact) mass is 878 g/mol. The largest absolute Gasteiger partial charge is 0.507 e. The van der Waals surface area contributed by atoms with Crippen molar-refractivity contribution in [2.24, 2.45) is 0 Å². The van der Waals surface area contributed by atoms with E-state index < -0.39 is 15.8 Å². The Morgan fingerprint density at radius 2 is 0.517 bits per heavy atom. The molecule has 0 saturated carbocycles. The molecule has 58 heavy (non-hydrogen) atoms. The van der Waals surface area contributed by atoms with Crippen LogP contribution in [0.15, 0.2) is 254 Å². The third-order valence-electron chi connectivity index (χ3n) is 7.99. The van der Waals surface area contributed by atoms with E-state index >= 15 is 0 Å². The van der Waals surface area contributed by atoms with Crippen LogP contribution < -0.4 is 21.2 Å². The zero-order valence-electron chi connectivity index (χ0n) is 31.7. The number of aliphatic hydroxyl groups excluding tert-OH is 2. The van der Waals surface area contributed by atoms with E-state index in [0.29, 0.717) is 11.5 Å². The van der Waals surface area contributed by atoms with E-state index in [-0.39, 0.29) is 33.0 Å². The Bertz CT molecular complexity index is 1950. The van der Waals surface area contributed by atoms with Crippen LogP contribution in [0, 0.1) is 12.1 Å². The molecule has 0 heterocycles. The van der Waals surface area contributed by atoms with Gasteiger partial charge >= 0.3 is 0 Å². The molecule has 8 rings (SSSR count). The maximum atomic E-state index is 10.5. The van der Waals surface area contributed by atoms with E-state index in [4.69, 9.17) is 0 Å². The molecule has 8 aromatic rings. The van der Waals surface area contributed by atoms with Crippen LogP contribution in [0.4, 0.5) is 0 Å². The maximum Gasteiger partial charge on any atom is 0.123 e. The summed E-state index contributed by atoms with van der Waals surface area (Å²) in [5, 5.41) is 25.9. The Labute approximate surface area is 367 Å². The summed E-state index contributed by atoms with van der Waals surface area (Å²) in [5.41, 5.74) is 1.70. The predicted molar refractivity (Wildman–Crippen MR) is 243 cm³/mol. The summed E-state index contributed by atoms with van der Waals surface area (Å²) in [6.07, 6.45) is 0. The average molecular weight is 880 g/mol. The van der Waals surface area contributed by atoms with Gasteiger partial charge in [-0.25, -0.2) is 0 Å². The molecular weight excluding hydrogens is 836 g/mol. The molecule has 2 N–H and O–H groups in total. The van der Waals surface area contributed by atoms with Gasteiger partial charge in [-0.05, 0) is 48.7 Å². The van der Waals surface area contributed by atoms with Gasteiger partial charge in [0, 0.05) is 44.1 Å². The Hall–Kier alpha value is -5.31. The molecule has 6 heteroatoms. The summed E-state index contributed by atoms with van der Waals surface area (Å²) in [6, 6.07) is 85.7. The van der Waals surface area contributed by atoms with Gasteiger partial charge in [0.25, 0.3) is 0 Å². The molecular formula is C52H44Ni2O2P2-2. The van der Waals surface area contributed by atoms with Crippen molar-refractivity contribution in [3.05, 3.63) is 278 Å². The van der Waals surface area contributed by atoms with Crippen molar-refractivity contribution in [1.29, 1.82) is 0 Å². The first-order valence-corrected chi connectivity index (χ1v) is 21.0. The Morgan fingerprint density at radius 3 is 0.707 bits per heavy atom. The molecule has 0 aliphatic carbocycles. The van der Waals surface area contributed by atoms with Crippen LogP contribution in [0.1, 0.15) is 11.1 Å². The van der Waals surface area contributed by atoms with Gasteiger partial charge in [0.2, 0.25) is 0 Å². The predicted octanol–water partition coefficient (Wildman–Crippen LogP) is 12.3. The van der Waals surface area contributed by atoms with E-state index in [9.17, 15) is 10.2 Å². The third kappa shape index (κ3) is 16.7. The van der Waals surface area contributed by atoms with Crippen molar-refractivity contribution in [1.82, 2.24) is 0 Å². The minimum Gasteiger partial charge on any atom is -0.507 e. The second-order valence-electron chi connectivity index (χ2n) is 12.0. The summed E-state index contributed by atoms with van der Waals surface area (Å²) in [4.78, 5) is 0. The number of aliphatic hydroxyl groups is 2. The zero-order chi connectivity index (χ0) is 38.9. The maximum absolute atomic E-state index is 10.5. The van der Waals surface area contributed by atoms with Gasteiger partial charge in [0.15, 0.2) is 0 Å². The molecule has 0 fully saturated rings. The molecule has 0 spiro atoms. The fourth-order valence-electron chi connectivity index (χ4n) is 5.25. The minimum absolute atomic E-state index is 0. The Kier molecular flexibility index (Phi) is 22.8. The van der Waals surface area contributed by atoms with E-state index in [0.717, 1.165) is 11.1 Å². The minimum atomic E-state index is -0.726. The van der Waals surface area contributed by atoms with Gasteiger partial charge in [0.1, 0.15) is 11.5 Å². The van der Waals surface area contributed by atoms with Crippen LogP contribution in [0.2, 0.25) is 0 Å². The molecule has 8 aromatic carbocycles. The van der Waals surface area contributed by atoms with Gasteiger partial charge in [-0.15, -0.1) is 0 Å². The van der Waals surface area contributed by atoms with Crippen molar-refractivity contribution in [2.45, 2.75) is 0 Å². The standard InChI is InChI=1S/2C20H17OP.2C6H5.2Ni/c2*21-20(17-10-4-1-5-11-17)16-22(18-12-6-2-7-13-18)19-14-8-3-9-15-19;2*1-2-4-6-5-3-1;;/h2*1-16,21H;2*1-5H;;/q;;2*-1;;/b2*20-16-;;;;. The first kappa shape index (κ1) is 47.1. The van der Waals surface area contributed by atoms with E-state index in [1.807, 2.05) is 206 Å². The molecule has 0 unspecified atom stereocenters. The van der Waals surface area contributed by atoms with Crippen molar-refractivity contribution < 1.29 is 43.2 Å². The van der Waals surface area contributed by atoms with Crippen LogP contribution in [0.5, 0.6) is 0 Å². The Morgan fingerprint density at radius 1 is 0.310 bits per heavy atom. The summed E-state index contributed by atoms with van der Waals surface area (Å²) in [6.45, 7) is 0. The normalized spacial score (nSPS) is 10.4. The summed E-state index contributed by atoms with van der Waals surface area (Å²) in [7, 11) is -1.45. The van der Waals surface area contributed by atoms with Crippen molar-refractivity contribution in [3.63, 3.8) is 0 Å². The molecule has 0 atom stereocenters. The van der Waals surface area contributed by atoms with Gasteiger partial charge < -0.3 is 10.2 Å². The quantitative estimate of drug-likeness (QED) is 0.0691. The van der Waals surface area contributed by atoms with E-state index in [1.54, 1.807) is 0 Å². The van der Waals surface area contributed by atoms with Gasteiger partial charge in [0.05, 0.1) is 0 Å². The second kappa shape index (κ2) is 28.1. The number of rotatable bonds is 8. The van der Waals surface area contributed by atoms with Crippen molar-refractivity contribution in [3.8, 4) is 0 Å². The molecule has 0 aliphatic heterocycles. The third-order valence-corrected chi connectivity index (χ3v) is 12.4.